The van der Waals surface area contributed by atoms with Crippen molar-refractivity contribution in [3.8, 4) is 0 Å². The van der Waals surface area contributed by atoms with Crippen molar-refractivity contribution < 1.29 is 40.7 Å². The molecule has 1 aliphatic rings. The largest absolute Gasteiger partial charge is 0.444 e. The van der Waals surface area contributed by atoms with Gasteiger partial charge in [0, 0.05) is 6.04 Å². The van der Waals surface area contributed by atoms with Gasteiger partial charge in [0.25, 0.3) is 5.91 Å². The van der Waals surface area contributed by atoms with Crippen molar-refractivity contribution in [2.45, 2.75) is 76.1 Å². The number of aryl methyl sites for hydroxylation is 1. The zero-order chi connectivity index (χ0) is 31.3. The molecule has 1 fully saturated rings. The lowest BCUT2D eigenvalue weighted by atomic mass is 9.86. The Morgan fingerprint density at radius 3 is 2.24 bits per heavy atom. The van der Waals surface area contributed by atoms with Gasteiger partial charge in [0.15, 0.2) is 9.84 Å². The number of nitrogens with one attached hydrogen (secondary N) is 3. The van der Waals surface area contributed by atoms with E-state index in [9.17, 15) is 36.0 Å². The molecule has 3 N–H and O–H groups in total. The van der Waals surface area contributed by atoms with Crippen molar-refractivity contribution in [1.82, 2.24) is 10.6 Å². The van der Waals surface area contributed by atoms with Gasteiger partial charge in [-0.1, -0.05) is 30.5 Å². The second kappa shape index (κ2) is 13.1. The van der Waals surface area contributed by atoms with Gasteiger partial charge in [-0.25, -0.2) is 13.2 Å². The van der Waals surface area contributed by atoms with Gasteiger partial charge in [-0.15, -0.1) is 0 Å². The lowest BCUT2D eigenvalue weighted by Gasteiger charge is -2.32. The number of hydrogen-bond acceptors (Lipinski definition) is 6. The Bertz CT molecular complexity index is 1400. The van der Waals surface area contributed by atoms with Crippen LogP contribution in [0.15, 0.2) is 47.4 Å². The maximum atomic E-state index is 13.4. The number of halogens is 3. The number of amides is 3. The number of sulfone groups is 1. The first-order valence-electron chi connectivity index (χ1n) is 13.5. The molecule has 230 valence electrons. The average molecular weight is 612 g/mol. The van der Waals surface area contributed by atoms with Gasteiger partial charge in [-0.2, -0.15) is 13.2 Å². The van der Waals surface area contributed by atoms with Gasteiger partial charge in [0.2, 0.25) is 5.91 Å². The van der Waals surface area contributed by atoms with E-state index in [0.717, 1.165) is 24.5 Å². The van der Waals surface area contributed by atoms with Crippen LogP contribution < -0.4 is 16.0 Å². The molecule has 0 radical (unpaired) electrons. The maximum absolute atomic E-state index is 13.4. The molecule has 0 aromatic heterocycles. The highest BCUT2D eigenvalue weighted by atomic mass is 32.2. The zero-order valence-corrected chi connectivity index (χ0v) is 24.7. The second-order valence-electron chi connectivity index (χ2n) is 11.4. The number of benzene rings is 2. The Balaban J connectivity index is 1.68. The normalized spacial score (nSPS) is 17.7. The van der Waals surface area contributed by atoms with Gasteiger partial charge >= 0.3 is 12.3 Å². The smallest absolute Gasteiger partial charge is 0.416 e. The fraction of sp³-hybridized carbons (Fsp3) is 0.483. The highest BCUT2D eigenvalue weighted by Crippen LogP contribution is 2.32. The van der Waals surface area contributed by atoms with E-state index in [-0.39, 0.29) is 22.3 Å². The molecule has 2 aromatic rings. The molecule has 2 aromatic carbocycles. The highest BCUT2D eigenvalue weighted by Gasteiger charge is 2.33. The van der Waals surface area contributed by atoms with Gasteiger partial charge < -0.3 is 15.4 Å². The molecule has 0 bridgehead atoms. The molecule has 0 spiro atoms. The number of carbonyl (C=O) groups is 3. The summed E-state index contributed by atoms with van der Waals surface area (Å²) in [6.07, 6.45) is -3.01. The van der Waals surface area contributed by atoms with Crippen LogP contribution in [0.1, 0.15) is 67.9 Å². The predicted octanol–water partition coefficient (Wildman–Crippen LogP) is 5.24. The van der Waals surface area contributed by atoms with Crippen LogP contribution in [0.2, 0.25) is 0 Å². The number of alkyl halides is 3. The summed E-state index contributed by atoms with van der Waals surface area (Å²) in [4.78, 5) is 38.1. The van der Waals surface area contributed by atoms with E-state index >= 15 is 0 Å². The molecule has 3 amide bonds. The number of rotatable bonds is 8. The topological polar surface area (TPSA) is 131 Å². The monoisotopic (exact) mass is 611 g/mol. The Morgan fingerprint density at radius 1 is 0.976 bits per heavy atom. The Hall–Kier alpha value is -3.61. The molecule has 0 saturated heterocycles. The lowest BCUT2D eigenvalue weighted by molar-refractivity contribution is -0.137. The molecule has 42 heavy (non-hydrogen) atoms. The predicted molar refractivity (Wildman–Crippen MR) is 151 cm³/mol. The number of ether oxygens (including phenoxy) is 1. The molecule has 1 aliphatic carbocycles. The third-order valence-electron chi connectivity index (χ3n) is 6.71. The molecule has 2 atom stereocenters. The first-order valence-corrected chi connectivity index (χ1v) is 15.2. The fourth-order valence-corrected chi connectivity index (χ4v) is 6.37. The summed E-state index contributed by atoms with van der Waals surface area (Å²) in [5.41, 5.74) is -1.83. The second-order valence-corrected chi connectivity index (χ2v) is 13.4. The summed E-state index contributed by atoms with van der Waals surface area (Å²) in [5.74, 6) is -2.15. The molecule has 13 heteroatoms. The summed E-state index contributed by atoms with van der Waals surface area (Å²) in [6.45, 7) is 6.07. The van der Waals surface area contributed by atoms with Crippen molar-refractivity contribution in [2.75, 3.05) is 17.6 Å². The zero-order valence-electron chi connectivity index (χ0n) is 23.9. The maximum Gasteiger partial charge on any atom is 0.416 e. The van der Waals surface area contributed by atoms with Crippen LogP contribution in [0.3, 0.4) is 0 Å². The standard InChI is InChI=1S/C29H36F3N3O6S/c1-18-9-12-21(13-10-18)42(39,40)17-19-7-5-6-8-23(19)34-25(36)16-33-26(37)22-15-20(29(30,31)32)11-14-24(22)35-27(38)41-28(2,3)4/h9-15,19,23H,5-8,16-17H2,1-4H3,(H,33,37)(H,34,36)(H,35,38)/t19-,23-/m0/s1. The van der Waals surface area contributed by atoms with Crippen LogP contribution in [-0.4, -0.2) is 50.3 Å². The van der Waals surface area contributed by atoms with Crippen molar-refractivity contribution >= 4 is 33.4 Å². The SMILES string of the molecule is Cc1ccc(S(=O)(=O)C[C@@H]2CCCC[C@@H]2NC(=O)CNC(=O)c2cc(C(F)(F)F)ccc2NC(=O)OC(C)(C)C)cc1. The van der Waals surface area contributed by atoms with E-state index in [2.05, 4.69) is 16.0 Å². The molecule has 0 aliphatic heterocycles. The average Bonchev–Trinajstić information content (AvgIpc) is 2.87. The number of anilines is 1. The van der Waals surface area contributed by atoms with E-state index in [1.165, 1.54) is 0 Å². The summed E-state index contributed by atoms with van der Waals surface area (Å²) < 4.78 is 71.2. The minimum atomic E-state index is -4.76. The summed E-state index contributed by atoms with van der Waals surface area (Å²) in [7, 11) is -3.61. The minimum Gasteiger partial charge on any atom is -0.444 e. The van der Waals surface area contributed by atoms with Crippen LogP contribution in [0, 0.1) is 12.8 Å². The van der Waals surface area contributed by atoms with Crippen LogP contribution in [0.25, 0.3) is 0 Å². The summed E-state index contributed by atoms with van der Waals surface area (Å²) in [5, 5.41) is 7.35. The Labute approximate surface area is 243 Å². The van der Waals surface area contributed by atoms with Crippen LogP contribution >= 0.6 is 0 Å². The Kier molecular flexibility index (Phi) is 10.3. The summed E-state index contributed by atoms with van der Waals surface area (Å²) >= 11 is 0. The van der Waals surface area contributed by atoms with Gasteiger partial charge in [0.1, 0.15) is 5.60 Å². The number of hydrogen-bond donors (Lipinski definition) is 3. The third-order valence-corrected chi connectivity index (χ3v) is 8.56. The van der Waals surface area contributed by atoms with E-state index in [1.807, 2.05) is 6.92 Å². The minimum absolute atomic E-state index is 0.155. The molecule has 9 nitrogen and oxygen atoms in total. The van der Waals surface area contributed by atoms with Crippen molar-refractivity contribution in [2.24, 2.45) is 5.92 Å². The van der Waals surface area contributed by atoms with Gasteiger partial charge in [0.05, 0.1) is 34.0 Å². The first kappa shape index (κ1) is 32.9. The van der Waals surface area contributed by atoms with Gasteiger partial charge in [-0.05, 0) is 76.8 Å². The van der Waals surface area contributed by atoms with E-state index in [0.29, 0.717) is 25.0 Å². The molecule has 3 rings (SSSR count). The number of carbonyl (C=O) groups excluding carboxylic acids is 3. The van der Waals surface area contributed by atoms with Crippen molar-refractivity contribution in [1.29, 1.82) is 0 Å². The van der Waals surface area contributed by atoms with Crippen LogP contribution in [0.4, 0.5) is 23.7 Å². The van der Waals surface area contributed by atoms with Crippen LogP contribution in [-0.2, 0) is 25.5 Å². The first-order chi connectivity index (χ1) is 19.4. The van der Waals surface area contributed by atoms with Gasteiger partial charge in [-0.3, -0.25) is 14.9 Å². The van der Waals surface area contributed by atoms with Crippen LogP contribution in [0.5, 0.6) is 0 Å². The lowest BCUT2D eigenvalue weighted by Crippen LogP contribution is -2.47. The highest BCUT2D eigenvalue weighted by molar-refractivity contribution is 7.91. The van der Waals surface area contributed by atoms with E-state index in [1.54, 1.807) is 45.0 Å². The fourth-order valence-electron chi connectivity index (χ4n) is 4.67. The summed E-state index contributed by atoms with van der Waals surface area (Å²) in [6, 6.07) is 8.30. The van der Waals surface area contributed by atoms with Crippen molar-refractivity contribution in [3.05, 3.63) is 59.2 Å². The van der Waals surface area contributed by atoms with Crippen molar-refractivity contribution in [3.63, 3.8) is 0 Å². The van der Waals surface area contributed by atoms with E-state index < -0.39 is 63.2 Å². The third kappa shape index (κ3) is 9.47. The Morgan fingerprint density at radius 2 is 1.62 bits per heavy atom. The molecule has 0 heterocycles. The van der Waals surface area contributed by atoms with E-state index in [4.69, 9.17) is 4.74 Å². The quantitative estimate of drug-likeness (QED) is 0.374. The molecular formula is C29H36F3N3O6S. The molecule has 0 unspecified atom stereocenters. The molecule has 1 saturated carbocycles. The molecular weight excluding hydrogens is 575 g/mol.